The standard InChI is InChI=1S/C18H27N3O4/c1-4-25-18(23)21-11-9-20(10-12-21)8-7-17(22)19-15-13-14(2)5-6-16(15)24-3/h5-6,13H,4,7-12H2,1-3H3,(H,19,22)/p+1. The van der Waals surface area contributed by atoms with Crippen LogP contribution in [0.25, 0.3) is 0 Å². The molecule has 0 spiro atoms. The number of hydrogen-bond acceptors (Lipinski definition) is 4. The van der Waals surface area contributed by atoms with E-state index in [4.69, 9.17) is 9.47 Å². The Balaban J connectivity index is 1.76. The number of aryl methyl sites for hydroxylation is 1. The lowest BCUT2D eigenvalue weighted by Crippen LogP contribution is -3.15. The number of hydrogen-bond donors (Lipinski definition) is 2. The summed E-state index contributed by atoms with van der Waals surface area (Å²) in [5, 5.41) is 2.92. The first-order valence-corrected chi connectivity index (χ1v) is 8.73. The molecule has 1 saturated heterocycles. The maximum Gasteiger partial charge on any atom is 0.410 e. The highest BCUT2D eigenvalue weighted by Crippen LogP contribution is 2.25. The summed E-state index contributed by atoms with van der Waals surface area (Å²) in [6, 6.07) is 5.70. The number of methoxy groups -OCH3 is 1. The van der Waals surface area contributed by atoms with Gasteiger partial charge in [0.15, 0.2) is 0 Å². The second-order valence-corrected chi connectivity index (χ2v) is 6.19. The SMILES string of the molecule is CCOC(=O)N1CC[NH+](CCC(=O)Nc2cc(C)ccc2OC)CC1. The van der Waals surface area contributed by atoms with Crippen molar-refractivity contribution in [3.63, 3.8) is 0 Å². The second-order valence-electron chi connectivity index (χ2n) is 6.19. The fourth-order valence-electron chi connectivity index (χ4n) is 2.89. The molecule has 1 aliphatic rings. The molecule has 2 rings (SSSR count). The maximum absolute atomic E-state index is 12.2. The lowest BCUT2D eigenvalue weighted by atomic mass is 10.2. The average molecular weight is 350 g/mol. The van der Waals surface area contributed by atoms with Gasteiger partial charge in [-0.05, 0) is 31.5 Å². The molecule has 7 nitrogen and oxygen atoms in total. The molecule has 138 valence electrons. The minimum atomic E-state index is -0.245. The molecule has 0 bridgehead atoms. The van der Waals surface area contributed by atoms with Gasteiger partial charge >= 0.3 is 6.09 Å². The van der Waals surface area contributed by atoms with E-state index >= 15 is 0 Å². The molecule has 0 aromatic heterocycles. The molecule has 1 aliphatic heterocycles. The van der Waals surface area contributed by atoms with E-state index < -0.39 is 0 Å². The van der Waals surface area contributed by atoms with Crippen molar-refractivity contribution in [1.29, 1.82) is 0 Å². The summed E-state index contributed by atoms with van der Waals surface area (Å²) >= 11 is 0. The summed E-state index contributed by atoms with van der Waals surface area (Å²) < 4.78 is 10.3. The number of ether oxygens (including phenoxy) is 2. The van der Waals surface area contributed by atoms with E-state index in [1.165, 1.54) is 4.90 Å². The van der Waals surface area contributed by atoms with E-state index in [9.17, 15) is 9.59 Å². The second kappa shape index (κ2) is 9.27. The normalized spacial score (nSPS) is 14.9. The minimum Gasteiger partial charge on any atom is -0.495 e. The van der Waals surface area contributed by atoms with Crippen LogP contribution in [-0.4, -0.2) is 63.3 Å². The molecular weight excluding hydrogens is 322 g/mol. The quantitative estimate of drug-likeness (QED) is 0.792. The number of anilines is 1. The van der Waals surface area contributed by atoms with Crippen molar-refractivity contribution in [1.82, 2.24) is 4.90 Å². The van der Waals surface area contributed by atoms with Crippen molar-refractivity contribution in [2.45, 2.75) is 20.3 Å². The first-order valence-electron chi connectivity index (χ1n) is 8.73. The van der Waals surface area contributed by atoms with E-state index in [1.54, 1.807) is 18.9 Å². The van der Waals surface area contributed by atoms with Gasteiger partial charge in [-0.15, -0.1) is 0 Å². The Hall–Kier alpha value is -2.28. The van der Waals surface area contributed by atoms with E-state index in [0.717, 1.165) is 25.2 Å². The van der Waals surface area contributed by atoms with Crippen LogP contribution in [0.4, 0.5) is 10.5 Å². The van der Waals surface area contributed by atoms with Gasteiger partial charge < -0.3 is 19.7 Å². The van der Waals surface area contributed by atoms with Crippen molar-refractivity contribution >= 4 is 17.7 Å². The van der Waals surface area contributed by atoms with E-state index in [-0.39, 0.29) is 12.0 Å². The predicted molar refractivity (Wildman–Crippen MR) is 95.1 cm³/mol. The lowest BCUT2D eigenvalue weighted by molar-refractivity contribution is -0.903. The van der Waals surface area contributed by atoms with Gasteiger partial charge in [-0.2, -0.15) is 0 Å². The Kier molecular flexibility index (Phi) is 7.06. The Morgan fingerprint density at radius 1 is 1.28 bits per heavy atom. The number of benzene rings is 1. The summed E-state index contributed by atoms with van der Waals surface area (Å²) in [5.41, 5.74) is 1.77. The van der Waals surface area contributed by atoms with Gasteiger partial charge in [0.1, 0.15) is 5.75 Å². The zero-order chi connectivity index (χ0) is 18.2. The van der Waals surface area contributed by atoms with Gasteiger partial charge in [0.2, 0.25) is 5.91 Å². The zero-order valence-electron chi connectivity index (χ0n) is 15.3. The van der Waals surface area contributed by atoms with Gasteiger partial charge in [-0.1, -0.05) is 6.07 Å². The van der Waals surface area contributed by atoms with Crippen LogP contribution < -0.4 is 15.0 Å². The minimum absolute atomic E-state index is 0.0239. The molecular formula is C18H28N3O4+. The average Bonchev–Trinajstić information content (AvgIpc) is 2.61. The number of carbonyl (C=O) groups is 2. The van der Waals surface area contributed by atoms with Crippen LogP contribution in [0.3, 0.4) is 0 Å². The van der Waals surface area contributed by atoms with E-state index in [2.05, 4.69) is 5.32 Å². The molecule has 1 aromatic rings. The lowest BCUT2D eigenvalue weighted by Gasteiger charge is -2.31. The molecule has 0 atom stereocenters. The van der Waals surface area contributed by atoms with Crippen molar-refractivity contribution in [2.24, 2.45) is 0 Å². The van der Waals surface area contributed by atoms with E-state index in [0.29, 0.717) is 37.6 Å². The van der Waals surface area contributed by atoms with E-state index in [1.807, 2.05) is 25.1 Å². The molecule has 0 aliphatic carbocycles. The highest BCUT2D eigenvalue weighted by Gasteiger charge is 2.24. The molecule has 0 radical (unpaired) electrons. The number of piperazine rings is 1. The van der Waals surface area contributed by atoms with Crippen LogP contribution in [0, 0.1) is 6.92 Å². The van der Waals surface area contributed by atoms with Crippen LogP contribution in [0.5, 0.6) is 5.75 Å². The number of rotatable bonds is 6. The topological polar surface area (TPSA) is 72.3 Å². The van der Waals surface area contributed by atoms with Crippen LogP contribution in [0.1, 0.15) is 18.9 Å². The number of nitrogens with one attached hydrogen (secondary N) is 2. The fraction of sp³-hybridized carbons (Fsp3) is 0.556. The third kappa shape index (κ3) is 5.63. The van der Waals surface area contributed by atoms with Crippen LogP contribution in [-0.2, 0) is 9.53 Å². The van der Waals surface area contributed by atoms with Gasteiger partial charge in [-0.3, -0.25) is 9.69 Å². The fourth-order valence-corrected chi connectivity index (χ4v) is 2.89. The molecule has 1 aromatic carbocycles. The molecule has 7 heteroatoms. The first-order chi connectivity index (χ1) is 12.0. The van der Waals surface area contributed by atoms with Gasteiger partial charge in [0.05, 0.1) is 58.5 Å². The molecule has 0 saturated carbocycles. The Labute approximate surface area is 148 Å². The number of nitrogens with zero attached hydrogens (tertiary/aromatic N) is 1. The third-order valence-corrected chi connectivity index (χ3v) is 4.33. The molecule has 0 unspecified atom stereocenters. The summed E-state index contributed by atoms with van der Waals surface area (Å²) in [6.07, 6.45) is 0.192. The molecule has 2 amide bonds. The van der Waals surface area contributed by atoms with Crippen LogP contribution in [0.2, 0.25) is 0 Å². The van der Waals surface area contributed by atoms with Crippen molar-refractivity contribution in [3.05, 3.63) is 23.8 Å². The summed E-state index contributed by atoms with van der Waals surface area (Å²) in [4.78, 5) is 27.0. The smallest absolute Gasteiger partial charge is 0.410 e. The van der Waals surface area contributed by atoms with Gasteiger partial charge in [0.25, 0.3) is 0 Å². The highest BCUT2D eigenvalue weighted by molar-refractivity contribution is 5.92. The largest absolute Gasteiger partial charge is 0.495 e. The van der Waals surface area contributed by atoms with Crippen LogP contribution in [0.15, 0.2) is 18.2 Å². The molecule has 1 heterocycles. The number of quaternary nitrogens is 1. The molecule has 1 fully saturated rings. The van der Waals surface area contributed by atoms with Crippen molar-refractivity contribution in [3.8, 4) is 5.75 Å². The Morgan fingerprint density at radius 3 is 2.64 bits per heavy atom. The predicted octanol–water partition coefficient (Wildman–Crippen LogP) is 0.689. The summed E-state index contributed by atoms with van der Waals surface area (Å²) in [6.45, 7) is 7.93. The first kappa shape index (κ1) is 19.1. The monoisotopic (exact) mass is 350 g/mol. The van der Waals surface area contributed by atoms with Gasteiger partial charge in [0, 0.05) is 0 Å². The third-order valence-electron chi connectivity index (χ3n) is 4.33. The highest BCUT2D eigenvalue weighted by atomic mass is 16.6. The number of carbonyl (C=O) groups excluding carboxylic acids is 2. The zero-order valence-corrected chi connectivity index (χ0v) is 15.3. The van der Waals surface area contributed by atoms with Crippen molar-refractivity contribution < 1.29 is 24.0 Å². The van der Waals surface area contributed by atoms with Crippen LogP contribution >= 0.6 is 0 Å². The molecule has 2 N–H and O–H groups in total. The summed E-state index contributed by atoms with van der Waals surface area (Å²) in [7, 11) is 1.59. The van der Waals surface area contributed by atoms with Crippen molar-refractivity contribution in [2.75, 3.05) is 51.8 Å². The number of amides is 2. The van der Waals surface area contributed by atoms with Gasteiger partial charge in [-0.25, -0.2) is 4.79 Å². The Morgan fingerprint density at radius 2 is 2.00 bits per heavy atom. The molecule has 25 heavy (non-hydrogen) atoms. The Bertz CT molecular complexity index is 598. The summed E-state index contributed by atoms with van der Waals surface area (Å²) in [5.74, 6) is 0.638. The maximum atomic E-state index is 12.2.